The van der Waals surface area contributed by atoms with Crippen molar-refractivity contribution in [3.05, 3.63) is 53.0 Å². The van der Waals surface area contributed by atoms with Crippen LogP contribution in [0.4, 0.5) is 17.1 Å². The number of rotatable bonds is 1. The summed E-state index contributed by atoms with van der Waals surface area (Å²) in [5, 5.41) is 0. The second-order valence-corrected chi connectivity index (χ2v) is 5.38. The van der Waals surface area contributed by atoms with E-state index in [1.54, 1.807) is 4.90 Å². The van der Waals surface area contributed by atoms with Gasteiger partial charge in [-0.3, -0.25) is 9.69 Å². The van der Waals surface area contributed by atoms with Crippen molar-refractivity contribution in [2.75, 3.05) is 23.4 Å². The molecule has 2 aromatic carbocycles. The zero-order valence-corrected chi connectivity index (χ0v) is 12.1. The Bertz CT molecular complexity index is 642. The van der Waals surface area contributed by atoms with E-state index in [1.165, 1.54) is 0 Å². The lowest BCUT2D eigenvalue weighted by molar-refractivity contribution is -0.116. The predicted molar refractivity (Wildman–Crippen MR) is 81.0 cm³/mol. The molecule has 96 valence electrons. The Labute approximate surface area is 120 Å². The molecule has 0 saturated carbocycles. The maximum absolute atomic E-state index is 12.4. The molecule has 1 aliphatic rings. The average Bonchev–Trinajstić information content (AvgIpc) is 2.41. The molecule has 19 heavy (non-hydrogen) atoms. The van der Waals surface area contributed by atoms with Crippen molar-refractivity contribution in [3.8, 4) is 0 Å². The van der Waals surface area contributed by atoms with Crippen LogP contribution in [-0.2, 0) is 4.79 Å². The highest BCUT2D eigenvalue weighted by Crippen LogP contribution is 2.39. The van der Waals surface area contributed by atoms with Gasteiger partial charge >= 0.3 is 0 Å². The molecule has 0 saturated heterocycles. The Hall–Kier alpha value is -1.81. The van der Waals surface area contributed by atoms with Crippen LogP contribution in [0, 0.1) is 0 Å². The monoisotopic (exact) mass is 316 g/mol. The van der Waals surface area contributed by atoms with Crippen LogP contribution in [0.25, 0.3) is 0 Å². The van der Waals surface area contributed by atoms with Crippen LogP contribution < -0.4 is 9.80 Å². The molecule has 1 aliphatic heterocycles. The summed E-state index contributed by atoms with van der Waals surface area (Å²) < 4.78 is 0.919. The van der Waals surface area contributed by atoms with E-state index in [2.05, 4.69) is 15.9 Å². The second-order valence-electron chi connectivity index (χ2n) is 4.53. The Morgan fingerprint density at radius 1 is 0.947 bits per heavy atom. The normalized spacial score (nSPS) is 14.5. The highest BCUT2D eigenvalue weighted by atomic mass is 79.9. The van der Waals surface area contributed by atoms with Crippen LogP contribution in [0.15, 0.2) is 53.0 Å². The number of carbonyl (C=O) groups is 1. The van der Waals surface area contributed by atoms with Crippen molar-refractivity contribution >= 4 is 38.9 Å². The fourth-order valence-corrected chi connectivity index (χ4v) is 2.83. The van der Waals surface area contributed by atoms with E-state index in [1.807, 2.05) is 60.5 Å². The quantitative estimate of drug-likeness (QED) is 0.803. The average molecular weight is 317 g/mol. The number of amides is 1. The first-order valence-electron chi connectivity index (χ1n) is 6.06. The summed E-state index contributed by atoms with van der Waals surface area (Å²) >= 11 is 3.52. The van der Waals surface area contributed by atoms with E-state index < -0.39 is 0 Å². The summed E-state index contributed by atoms with van der Waals surface area (Å²) in [6.45, 7) is 0.387. The van der Waals surface area contributed by atoms with Gasteiger partial charge in [-0.25, -0.2) is 0 Å². The third kappa shape index (κ3) is 2.02. The zero-order chi connectivity index (χ0) is 13.4. The molecule has 0 aliphatic carbocycles. The highest BCUT2D eigenvalue weighted by Gasteiger charge is 2.29. The predicted octanol–water partition coefficient (Wildman–Crippen LogP) is 3.56. The summed E-state index contributed by atoms with van der Waals surface area (Å²) in [4.78, 5) is 16.1. The van der Waals surface area contributed by atoms with Gasteiger partial charge in [-0.2, -0.15) is 0 Å². The van der Waals surface area contributed by atoms with Crippen molar-refractivity contribution < 1.29 is 4.79 Å². The standard InChI is InChI=1S/C15H13BrN2O/c1-17-10-15(19)18(12-7-3-2-6-11(12)16)14-9-5-4-8-13(14)17/h2-9H,10H2,1H3. The van der Waals surface area contributed by atoms with Crippen molar-refractivity contribution in [3.63, 3.8) is 0 Å². The van der Waals surface area contributed by atoms with Crippen molar-refractivity contribution in [1.29, 1.82) is 0 Å². The minimum absolute atomic E-state index is 0.0769. The fourth-order valence-electron chi connectivity index (χ4n) is 2.37. The Morgan fingerprint density at radius 3 is 2.21 bits per heavy atom. The molecule has 1 amide bonds. The van der Waals surface area contributed by atoms with Gasteiger partial charge in [-0.05, 0) is 40.2 Å². The number of hydrogen-bond acceptors (Lipinski definition) is 2. The first-order valence-corrected chi connectivity index (χ1v) is 6.85. The second kappa shape index (κ2) is 4.70. The van der Waals surface area contributed by atoms with Gasteiger partial charge < -0.3 is 4.90 Å². The van der Waals surface area contributed by atoms with Gasteiger partial charge in [0.1, 0.15) is 0 Å². The van der Waals surface area contributed by atoms with Crippen LogP contribution >= 0.6 is 15.9 Å². The van der Waals surface area contributed by atoms with Gasteiger partial charge in [0.05, 0.1) is 23.6 Å². The lowest BCUT2D eigenvalue weighted by Gasteiger charge is -2.35. The van der Waals surface area contributed by atoms with E-state index in [0.29, 0.717) is 6.54 Å². The molecule has 0 bridgehead atoms. The number of halogens is 1. The van der Waals surface area contributed by atoms with Crippen LogP contribution in [0.3, 0.4) is 0 Å². The smallest absolute Gasteiger partial charge is 0.251 e. The molecular formula is C15H13BrN2O. The van der Waals surface area contributed by atoms with E-state index in [0.717, 1.165) is 21.5 Å². The summed E-state index contributed by atoms with van der Waals surface area (Å²) in [6, 6.07) is 15.7. The molecule has 3 rings (SSSR count). The molecule has 1 heterocycles. The summed E-state index contributed by atoms with van der Waals surface area (Å²) in [6.07, 6.45) is 0. The third-order valence-corrected chi connectivity index (χ3v) is 3.92. The number of carbonyl (C=O) groups excluding carboxylic acids is 1. The van der Waals surface area contributed by atoms with E-state index >= 15 is 0 Å². The van der Waals surface area contributed by atoms with Crippen LogP contribution in [0.1, 0.15) is 0 Å². The topological polar surface area (TPSA) is 23.6 Å². The number of fused-ring (bicyclic) bond motifs is 1. The van der Waals surface area contributed by atoms with E-state index in [4.69, 9.17) is 0 Å². The summed E-state index contributed by atoms with van der Waals surface area (Å²) in [5.74, 6) is 0.0769. The van der Waals surface area contributed by atoms with Crippen molar-refractivity contribution in [2.45, 2.75) is 0 Å². The molecule has 0 aromatic heterocycles. The third-order valence-electron chi connectivity index (χ3n) is 3.25. The van der Waals surface area contributed by atoms with Gasteiger partial charge in [0.15, 0.2) is 0 Å². The van der Waals surface area contributed by atoms with Crippen molar-refractivity contribution in [1.82, 2.24) is 0 Å². The maximum Gasteiger partial charge on any atom is 0.251 e. The SMILES string of the molecule is CN1CC(=O)N(c2ccccc2Br)c2ccccc21. The van der Waals surface area contributed by atoms with Crippen LogP contribution in [0.2, 0.25) is 0 Å². The maximum atomic E-state index is 12.4. The molecule has 0 spiro atoms. The van der Waals surface area contributed by atoms with Gasteiger partial charge in [0.2, 0.25) is 0 Å². The van der Waals surface area contributed by atoms with E-state index in [-0.39, 0.29) is 5.91 Å². The van der Waals surface area contributed by atoms with E-state index in [9.17, 15) is 4.79 Å². The van der Waals surface area contributed by atoms with Crippen LogP contribution in [-0.4, -0.2) is 19.5 Å². The minimum Gasteiger partial charge on any atom is -0.364 e. The molecule has 4 heteroatoms. The number of benzene rings is 2. The van der Waals surface area contributed by atoms with Crippen LogP contribution in [0.5, 0.6) is 0 Å². The largest absolute Gasteiger partial charge is 0.364 e. The minimum atomic E-state index is 0.0769. The highest BCUT2D eigenvalue weighted by molar-refractivity contribution is 9.10. The molecule has 0 fully saturated rings. The molecule has 0 radical (unpaired) electrons. The summed E-state index contributed by atoms with van der Waals surface area (Å²) in [5.41, 5.74) is 2.87. The molecular weight excluding hydrogens is 304 g/mol. The van der Waals surface area contributed by atoms with Gasteiger partial charge in [-0.15, -0.1) is 0 Å². The first-order chi connectivity index (χ1) is 9.18. The lowest BCUT2D eigenvalue weighted by Crippen LogP contribution is -2.41. The molecule has 0 atom stereocenters. The Balaban J connectivity index is 2.19. The van der Waals surface area contributed by atoms with Gasteiger partial charge in [0.25, 0.3) is 5.91 Å². The Kier molecular flexibility index (Phi) is 3.03. The fraction of sp³-hybridized carbons (Fsp3) is 0.133. The number of anilines is 3. The Morgan fingerprint density at radius 2 is 1.53 bits per heavy atom. The number of hydrogen-bond donors (Lipinski definition) is 0. The van der Waals surface area contributed by atoms with Gasteiger partial charge in [-0.1, -0.05) is 24.3 Å². The number of nitrogens with zero attached hydrogens (tertiary/aromatic N) is 2. The van der Waals surface area contributed by atoms with Crippen molar-refractivity contribution in [2.24, 2.45) is 0 Å². The number of para-hydroxylation sites is 3. The number of likely N-dealkylation sites (N-methyl/N-ethyl adjacent to an activating group) is 1. The van der Waals surface area contributed by atoms with Gasteiger partial charge in [0, 0.05) is 11.5 Å². The molecule has 0 unspecified atom stereocenters. The lowest BCUT2D eigenvalue weighted by atomic mass is 10.1. The first kappa shape index (κ1) is 12.2. The molecule has 0 N–H and O–H groups in total. The zero-order valence-electron chi connectivity index (χ0n) is 10.5. The summed E-state index contributed by atoms with van der Waals surface area (Å²) in [7, 11) is 1.94. The molecule has 2 aromatic rings. The molecule has 3 nitrogen and oxygen atoms in total.